The van der Waals surface area contributed by atoms with Crippen molar-refractivity contribution in [1.29, 1.82) is 0 Å². The molecule has 0 aliphatic carbocycles. The van der Waals surface area contributed by atoms with Crippen molar-refractivity contribution < 1.29 is 23.9 Å². The lowest BCUT2D eigenvalue weighted by atomic mass is 10.0. The molecule has 8 heteroatoms. The van der Waals surface area contributed by atoms with E-state index >= 15 is 0 Å². The summed E-state index contributed by atoms with van der Waals surface area (Å²) >= 11 is 1.59. The van der Waals surface area contributed by atoms with Gasteiger partial charge in [-0.05, 0) is 38.9 Å². The molecule has 25 heavy (non-hydrogen) atoms. The van der Waals surface area contributed by atoms with E-state index in [4.69, 9.17) is 9.47 Å². The van der Waals surface area contributed by atoms with Crippen molar-refractivity contribution >= 4 is 29.7 Å². The highest BCUT2D eigenvalue weighted by Gasteiger charge is 2.44. The molecule has 0 spiro atoms. The van der Waals surface area contributed by atoms with Crippen molar-refractivity contribution in [3.63, 3.8) is 0 Å². The zero-order valence-electron chi connectivity index (χ0n) is 16.0. The summed E-state index contributed by atoms with van der Waals surface area (Å²) in [6, 6.07) is -1.40. The van der Waals surface area contributed by atoms with Crippen molar-refractivity contribution in [3.05, 3.63) is 0 Å². The van der Waals surface area contributed by atoms with Crippen LogP contribution in [-0.2, 0) is 19.1 Å². The lowest BCUT2D eigenvalue weighted by molar-refractivity contribution is -0.151. The first-order valence-corrected chi connectivity index (χ1v) is 9.51. The van der Waals surface area contributed by atoms with Crippen molar-refractivity contribution in [3.8, 4) is 0 Å². The number of thioether (sulfide) groups is 1. The van der Waals surface area contributed by atoms with E-state index < -0.39 is 28.9 Å². The summed E-state index contributed by atoms with van der Waals surface area (Å²) in [6.07, 6.45) is 0.671. The Morgan fingerprint density at radius 3 is 2.48 bits per heavy atom. The summed E-state index contributed by atoms with van der Waals surface area (Å²) in [5, 5.41) is 2.96. The number of rotatable bonds is 7. The molecule has 1 heterocycles. The molecule has 1 unspecified atom stereocenters. The third-order valence-corrected chi connectivity index (χ3v) is 5.34. The number of likely N-dealkylation sites (tertiary alicyclic amines) is 1. The Morgan fingerprint density at radius 1 is 1.32 bits per heavy atom. The minimum atomic E-state index is -0.802. The first-order chi connectivity index (χ1) is 11.6. The molecule has 7 nitrogen and oxygen atoms in total. The third kappa shape index (κ3) is 5.80. The largest absolute Gasteiger partial charge is 0.467 e. The summed E-state index contributed by atoms with van der Waals surface area (Å²) in [4.78, 5) is 38.6. The van der Waals surface area contributed by atoms with E-state index in [-0.39, 0.29) is 17.8 Å². The Kier molecular flexibility index (Phi) is 8.05. The molecule has 2 atom stereocenters. The minimum Gasteiger partial charge on any atom is -0.467 e. The molecule has 1 fully saturated rings. The molecular weight excluding hydrogens is 344 g/mol. The van der Waals surface area contributed by atoms with Gasteiger partial charge in [0.2, 0.25) is 5.91 Å². The fraction of sp³-hybridized carbons (Fsp3) is 0.824. The molecule has 0 bridgehead atoms. The van der Waals surface area contributed by atoms with Gasteiger partial charge in [-0.25, -0.2) is 9.59 Å². The van der Waals surface area contributed by atoms with Crippen LogP contribution in [0.4, 0.5) is 4.79 Å². The number of hydrogen-bond donors (Lipinski definition) is 1. The van der Waals surface area contributed by atoms with Crippen LogP contribution in [0.3, 0.4) is 0 Å². The average Bonchev–Trinajstić information content (AvgIpc) is 2.99. The van der Waals surface area contributed by atoms with E-state index in [0.717, 1.165) is 6.42 Å². The van der Waals surface area contributed by atoms with Gasteiger partial charge in [0.1, 0.15) is 12.1 Å². The lowest BCUT2D eigenvalue weighted by Crippen LogP contribution is -2.59. The number of ether oxygens (including phenoxy) is 2. The number of carbonyl (C=O) groups excluding carboxylic acids is 3. The number of amides is 2. The van der Waals surface area contributed by atoms with Crippen LogP contribution in [-0.4, -0.2) is 65.2 Å². The number of hydrogen-bond acceptors (Lipinski definition) is 6. The standard InChI is InChI=1S/C17H30N2O5S/c1-7-24-16(22)18-13(17(4,5)25-11(2)3)14(20)19-10-8-9-12(19)15(21)23-6/h11-13H,7-10H2,1-6H3,(H,18,22)/t12-,13?/m0/s1. The van der Waals surface area contributed by atoms with Crippen LogP contribution in [0.15, 0.2) is 0 Å². The van der Waals surface area contributed by atoms with Gasteiger partial charge in [0.15, 0.2) is 0 Å². The fourth-order valence-corrected chi connectivity index (χ4v) is 4.59. The Balaban J connectivity index is 3.06. The summed E-state index contributed by atoms with van der Waals surface area (Å²) in [6.45, 7) is 10.3. The Labute approximate surface area is 154 Å². The van der Waals surface area contributed by atoms with E-state index in [0.29, 0.717) is 13.0 Å². The van der Waals surface area contributed by atoms with Crippen LogP contribution in [0.25, 0.3) is 0 Å². The maximum absolute atomic E-state index is 13.2. The summed E-state index contributed by atoms with van der Waals surface area (Å²) in [5.41, 5.74) is 0. The monoisotopic (exact) mass is 374 g/mol. The van der Waals surface area contributed by atoms with Gasteiger partial charge >= 0.3 is 12.1 Å². The van der Waals surface area contributed by atoms with Gasteiger partial charge in [0.05, 0.1) is 13.7 Å². The lowest BCUT2D eigenvalue weighted by Gasteiger charge is -2.37. The topological polar surface area (TPSA) is 84.9 Å². The van der Waals surface area contributed by atoms with Gasteiger partial charge in [-0.1, -0.05) is 13.8 Å². The summed E-state index contributed by atoms with van der Waals surface area (Å²) < 4.78 is 9.20. The van der Waals surface area contributed by atoms with Crippen LogP contribution in [0.2, 0.25) is 0 Å². The van der Waals surface area contributed by atoms with Gasteiger partial charge in [-0.2, -0.15) is 11.8 Å². The number of nitrogens with zero attached hydrogens (tertiary/aromatic N) is 1. The van der Waals surface area contributed by atoms with Gasteiger partial charge < -0.3 is 19.7 Å². The highest BCUT2D eigenvalue weighted by atomic mass is 32.2. The molecule has 1 rings (SSSR count). The van der Waals surface area contributed by atoms with E-state index in [9.17, 15) is 14.4 Å². The van der Waals surface area contributed by atoms with Crippen LogP contribution in [0.1, 0.15) is 47.5 Å². The normalized spacial score (nSPS) is 18.8. The Hall–Kier alpha value is -1.44. The Morgan fingerprint density at radius 2 is 1.96 bits per heavy atom. The van der Waals surface area contributed by atoms with Crippen molar-refractivity contribution in [1.82, 2.24) is 10.2 Å². The van der Waals surface area contributed by atoms with Crippen molar-refractivity contribution in [2.45, 2.75) is 69.5 Å². The first kappa shape index (κ1) is 21.6. The minimum absolute atomic E-state index is 0.221. The summed E-state index contributed by atoms with van der Waals surface area (Å²) in [5.74, 6) is -0.700. The molecule has 0 aromatic carbocycles. The highest BCUT2D eigenvalue weighted by Crippen LogP contribution is 2.34. The van der Waals surface area contributed by atoms with E-state index in [1.807, 2.05) is 27.7 Å². The molecule has 0 saturated carbocycles. The summed E-state index contributed by atoms with van der Waals surface area (Å²) in [7, 11) is 1.32. The van der Waals surface area contributed by atoms with Gasteiger partial charge in [-0.3, -0.25) is 4.79 Å². The molecular formula is C17H30N2O5S. The highest BCUT2D eigenvalue weighted by molar-refractivity contribution is 8.01. The molecule has 1 aliphatic heterocycles. The third-order valence-electron chi connectivity index (χ3n) is 4.03. The van der Waals surface area contributed by atoms with Crippen LogP contribution < -0.4 is 5.32 Å². The number of esters is 1. The van der Waals surface area contributed by atoms with E-state index in [2.05, 4.69) is 5.32 Å². The van der Waals surface area contributed by atoms with Crippen LogP contribution in [0, 0.1) is 0 Å². The second-order valence-corrected chi connectivity index (χ2v) is 9.01. The molecule has 144 valence electrons. The molecule has 1 N–H and O–H groups in total. The Bertz CT molecular complexity index is 495. The maximum atomic E-state index is 13.2. The predicted octanol–water partition coefficient (Wildman–Crippen LogP) is 2.19. The quantitative estimate of drug-likeness (QED) is 0.688. The number of alkyl carbamates (subject to hydrolysis) is 1. The molecule has 0 radical (unpaired) electrons. The SMILES string of the molecule is CCOC(=O)NC(C(=O)N1CCC[C@H]1C(=O)OC)C(C)(C)SC(C)C. The van der Waals surface area contributed by atoms with E-state index in [1.165, 1.54) is 12.0 Å². The molecule has 1 aliphatic rings. The van der Waals surface area contributed by atoms with Gasteiger partial charge in [0, 0.05) is 11.3 Å². The number of nitrogens with one attached hydrogen (secondary N) is 1. The second-order valence-electron chi connectivity index (χ2n) is 6.78. The molecule has 2 amide bonds. The zero-order valence-corrected chi connectivity index (χ0v) is 16.8. The second kappa shape index (κ2) is 9.31. The smallest absolute Gasteiger partial charge is 0.407 e. The molecule has 0 aromatic rings. The predicted molar refractivity (Wildman–Crippen MR) is 97.5 cm³/mol. The van der Waals surface area contributed by atoms with Crippen LogP contribution >= 0.6 is 11.8 Å². The van der Waals surface area contributed by atoms with Crippen molar-refractivity contribution in [2.75, 3.05) is 20.3 Å². The fourth-order valence-electron chi connectivity index (χ4n) is 3.08. The molecule has 1 saturated heterocycles. The molecule has 0 aromatic heterocycles. The van der Waals surface area contributed by atoms with Crippen molar-refractivity contribution in [2.24, 2.45) is 0 Å². The van der Waals surface area contributed by atoms with Gasteiger partial charge in [0.25, 0.3) is 0 Å². The van der Waals surface area contributed by atoms with E-state index in [1.54, 1.807) is 18.7 Å². The zero-order chi connectivity index (χ0) is 19.2. The number of methoxy groups -OCH3 is 1. The maximum Gasteiger partial charge on any atom is 0.407 e. The first-order valence-electron chi connectivity index (χ1n) is 8.63. The number of carbonyl (C=O) groups is 3. The average molecular weight is 375 g/mol. The van der Waals surface area contributed by atoms with Crippen LogP contribution in [0.5, 0.6) is 0 Å². The van der Waals surface area contributed by atoms with Gasteiger partial charge in [-0.15, -0.1) is 0 Å².